The number of nitrogens with one attached hydrogen (secondary N) is 1. The van der Waals surface area contributed by atoms with Crippen molar-refractivity contribution in [1.29, 1.82) is 0 Å². The second-order valence-corrected chi connectivity index (χ2v) is 5.50. The Morgan fingerprint density at radius 2 is 2.05 bits per heavy atom. The first-order chi connectivity index (χ1) is 10.4. The maximum absolute atomic E-state index is 11.6. The van der Waals surface area contributed by atoms with Crippen LogP contribution in [0.15, 0.2) is 18.2 Å². The largest absolute Gasteiger partial charge is 0.482 e. The van der Waals surface area contributed by atoms with Crippen molar-refractivity contribution in [1.82, 2.24) is 5.32 Å². The number of carbonyl (C=O) groups is 2. The Bertz CT molecular complexity index is 526. The summed E-state index contributed by atoms with van der Waals surface area (Å²) in [6.07, 6.45) is 1.65. The topological polar surface area (TPSA) is 102 Å². The van der Waals surface area contributed by atoms with Crippen LogP contribution in [0.5, 0.6) is 5.75 Å². The first-order valence-corrected chi connectivity index (χ1v) is 7.48. The Balaban J connectivity index is 2.17. The zero-order chi connectivity index (χ0) is 16.5. The molecule has 4 N–H and O–H groups in total. The van der Waals surface area contributed by atoms with Crippen LogP contribution in [-0.4, -0.2) is 36.2 Å². The third-order valence-electron chi connectivity index (χ3n) is 2.83. The summed E-state index contributed by atoms with van der Waals surface area (Å²) in [5.74, 6) is -0.917. The van der Waals surface area contributed by atoms with Crippen molar-refractivity contribution in [2.45, 2.75) is 25.3 Å². The molecule has 8 heteroatoms. The van der Waals surface area contributed by atoms with Crippen LogP contribution in [0.1, 0.15) is 19.3 Å². The minimum Gasteiger partial charge on any atom is -0.482 e. The first-order valence-electron chi connectivity index (χ1n) is 6.73. The lowest BCUT2D eigenvalue weighted by atomic mass is 10.1. The average Bonchev–Trinajstić information content (AvgIpc) is 2.45. The Hall–Kier alpha value is -1.50. The molecule has 1 aromatic rings. The highest BCUT2D eigenvalue weighted by molar-refractivity contribution is 6.35. The van der Waals surface area contributed by atoms with Gasteiger partial charge in [0.05, 0.1) is 5.02 Å². The van der Waals surface area contributed by atoms with Gasteiger partial charge in [0.25, 0.3) is 5.91 Å². The molecule has 0 heterocycles. The number of halogens is 2. The maximum Gasteiger partial charge on any atom is 0.320 e. The van der Waals surface area contributed by atoms with E-state index in [0.717, 1.165) is 0 Å². The van der Waals surface area contributed by atoms with Crippen LogP contribution in [0.4, 0.5) is 0 Å². The van der Waals surface area contributed by atoms with Gasteiger partial charge in [-0.2, -0.15) is 0 Å². The number of benzene rings is 1. The van der Waals surface area contributed by atoms with Crippen molar-refractivity contribution in [2.75, 3.05) is 13.2 Å². The number of rotatable bonds is 9. The Morgan fingerprint density at radius 3 is 2.68 bits per heavy atom. The minimum atomic E-state index is -1.02. The third kappa shape index (κ3) is 6.98. The van der Waals surface area contributed by atoms with E-state index >= 15 is 0 Å². The normalized spacial score (nSPS) is 11.8. The Labute approximate surface area is 138 Å². The molecule has 22 heavy (non-hydrogen) atoms. The second kappa shape index (κ2) is 9.50. The highest BCUT2D eigenvalue weighted by Crippen LogP contribution is 2.27. The highest BCUT2D eigenvalue weighted by Gasteiger charge is 2.10. The summed E-state index contributed by atoms with van der Waals surface area (Å²) < 4.78 is 5.28. The number of carboxylic acids is 1. The van der Waals surface area contributed by atoms with Crippen molar-refractivity contribution in [3.8, 4) is 5.75 Å². The molecule has 6 nitrogen and oxygen atoms in total. The van der Waals surface area contributed by atoms with Crippen LogP contribution in [0.2, 0.25) is 10.0 Å². The molecule has 0 aromatic heterocycles. The smallest absolute Gasteiger partial charge is 0.320 e. The molecule has 0 aliphatic rings. The lowest BCUT2D eigenvalue weighted by Crippen LogP contribution is -2.31. The summed E-state index contributed by atoms with van der Waals surface area (Å²) in [6.45, 7) is 0.277. The molecular formula is C14H18Cl2N2O4. The summed E-state index contributed by atoms with van der Waals surface area (Å²) in [4.78, 5) is 22.1. The monoisotopic (exact) mass is 348 g/mol. The number of amides is 1. The second-order valence-electron chi connectivity index (χ2n) is 4.65. The van der Waals surface area contributed by atoms with Crippen molar-refractivity contribution < 1.29 is 19.4 Å². The van der Waals surface area contributed by atoms with Crippen LogP contribution < -0.4 is 15.8 Å². The lowest BCUT2D eigenvalue weighted by molar-refractivity contribution is -0.138. The Morgan fingerprint density at radius 1 is 1.32 bits per heavy atom. The number of carbonyl (C=O) groups excluding carboxylic acids is 1. The zero-order valence-electron chi connectivity index (χ0n) is 11.9. The standard InChI is InChI=1S/C14H18Cl2N2O4/c15-9-4-5-12(10(16)7-9)22-8-13(19)18-6-2-1-3-11(17)14(20)21/h4-5,7,11H,1-3,6,8,17H2,(H,18,19)(H,20,21)/t11-/m0/s1. The Kier molecular flexibility index (Phi) is 8.01. The van der Waals surface area contributed by atoms with Crippen molar-refractivity contribution in [3.63, 3.8) is 0 Å². The summed E-state index contributed by atoms with van der Waals surface area (Å²) in [6, 6.07) is 3.88. The van der Waals surface area contributed by atoms with Gasteiger partial charge >= 0.3 is 5.97 Å². The van der Waals surface area contributed by atoms with Gasteiger partial charge in [-0.1, -0.05) is 23.2 Å². The molecule has 0 radical (unpaired) electrons. The zero-order valence-corrected chi connectivity index (χ0v) is 13.4. The predicted octanol–water partition coefficient (Wildman–Crippen LogP) is 2.07. The van der Waals surface area contributed by atoms with Crippen LogP contribution in [0, 0.1) is 0 Å². The fourth-order valence-electron chi connectivity index (χ4n) is 1.63. The van der Waals surface area contributed by atoms with Gasteiger partial charge < -0.3 is 20.9 Å². The molecule has 0 saturated carbocycles. The number of aliphatic carboxylic acids is 1. The average molecular weight is 349 g/mol. The molecule has 1 amide bonds. The van der Waals surface area contributed by atoms with Gasteiger partial charge in [-0.05, 0) is 37.5 Å². The van der Waals surface area contributed by atoms with E-state index in [-0.39, 0.29) is 12.5 Å². The number of hydrogen-bond donors (Lipinski definition) is 3. The molecule has 0 saturated heterocycles. The molecule has 0 fully saturated rings. The number of nitrogens with two attached hydrogens (primary N) is 1. The molecule has 1 aromatic carbocycles. The molecule has 1 rings (SSSR count). The van der Waals surface area contributed by atoms with Crippen molar-refractivity contribution in [2.24, 2.45) is 5.73 Å². The summed E-state index contributed by atoms with van der Waals surface area (Å²) in [5.41, 5.74) is 5.37. The summed E-state index contributed by atoms with van der Waals surface area (Å²) in [7, 11) is 0. The number of ether oxygens (including phenoxy) is 1. The van der Waals surface area contributed by atoms with Crippen molar-refractivity contribution >= 4 is 35.1 Å². The van der Waals surface area contributed by atoms with Gasteiger partial charge in [0.15, 0.2) is 6.61 Å². The van der Waals surface area contributed by atoms with Gasteiger partial charge in [-0.15, -0.1) is 0 Å². The number of carboxylic acid groups (broad SMARTS) is 1. The quantitative estimate of drug-likeness (QED) is 0.593. The number of unbranched alkanes of at least 4 members (excludes halogenated alkanes) is 1. The van der Waals surface area contributed by atoms with Gasteiger partial charge in [0.2, 0.25) is 0 Å². The predicted molar refractivity (Wildman–Crippen MR) is 84.4 cm³/mol. The van der Waals surface area contributed by atoms with Gasteiger partial charge in [-0.25, -0.2) is 0 Å². The van der Waals surface area contributed by atoms with Gasteiger partial charge in [-0.3, -0.25) is 9.59 Å². The van der Waals surface area contributed by atoms with Gasteiger partial charge in [0, 0.05) is 11.6 Å². The van der Waals surface area contributed by atoms with Gasteiger partial charge in [0.1, 0.15) is 11.8 Å². The molecule has 0 unspecified atom stereocenters. The van der Waals surface area contributed by atoms with E-state index < -0.39 is 12.0 Å². The fourth-order valence-corrected chi connectivity index (χ4v) is 2.09. The molecule has 0 bridgehead atoms. The van der Waals surface area contributed by atoms with Crippen molar-refractivity contribution in [3.05, 3.63) is 28.2 Å². The fraction of sp³-hybridized carbons (Fsp3) is 0.429. The first kappa shape index (κ1) is 18.5. The van der Waals surface area contributed by atoms with Crippen LogP contribution in [0.3, 0.4) is 0 Å². The SMILES string of the molecule is N[C@@H](CCCCNC(=O)COc1ccc(Cl)cc1Cl)C(=O)O. The number of hydrogen-bond acceptors (Lipinski definition) is 4. The highest BCUT2D eigenvalue weighted by atomic mass is 35.5. The molecular weight excluding hydrogens is 331 g/mol. The molecule has 122 valence electrons. The lowest BCUT2D eigenvalue weighted by Gasteiger charge is -2.09. The summed E-state index contributed by atoms with van der Waals surface area (Å²) in [5, 5.41) is 12.1. The molecule has 1 atom stereocenters. The molecule has 0 spiro atoms. The van der Waals surface area contributed by atoms with E-state index in [1.54, 1.807) is 12.1 Å². The third-order valence-corrected chi connectivity index (χ3v) is 3.36. The molecule has 0 aliphatic heterocycles. The van der Waals surface area contributed by atoms with E-state index in [4.69, 9.17) is 38.8 Å². The van der Waals surface area contributed by atoms with E-state index in [1.807, 2.05) is 0 Å². The van der Waals surface area contributed by atoms with E-state index in [0.29, 0.717) is 41.6 Å². The molecule has 0 aliphatic carbocycles. The van der Waals surface area contributed by atoms with Crippen LogP contribution >= 0.6 is 23.2 Å². The van der Waals surface area contributed by atoms with Crippen LogP contribution in [-0.2, 0) is 9.59 Å². The van der Waals surface area contributed by atoms with E-state index in [1.165, 1.54) is 6.07 Å². The van der Waals surface area contributed by atoms with E-state index in [9.17, 15) is 9.59 Å². The van der Waals surface area contributed by atoms with Crippen LogP contribution in [0.25, 0.3) is 0 Å². The van der Waals surface area contributed by atoms with E-state index in [2.05, 4.69) is 5.32 Å². The minimum absolute atomic E-state index is 0.157. The maximum atomic E-state index is 11.6. The summed E-state index contributed by atoms with van der Waals surface area (Å²) >= 11 is 11.7.